The van der Waals surface area contributed by atoms with Crippen molar-refractivity contribution in [3.05, 3.63) is 16.1 Å². The Hall–Kier alpha value is -0.360. The molecule has 0 aliphatic carbocycles. The molecule has 0 aliphatic heterocycles. The number of thiazole rings is 1. The van der Waals surface area contributed by atoms with Crippen molar-refractivity contribution < 1.29 is 4.79 Å². The molecule has 1 heterocycles. The molecular formula is C12H23Cl2N3OS. The Bertz CT molecular complexity index is 407. The Labute approximate surface area is 131 Å². The lowest BCUT2D eigenvalue weighted by molar-refractivity contribution is -0.126. The summed E-state index contributed by atoms with van der Waals surface area (Å²) in [7, 11) is 0. The second-order valence-electron chi connectivity index (χ2n) is 5.04. The summed E-state index contributed by atoms with van der Waals surface area (Å²) in [4.78, 5) is 17.4. The number of carbonyl (C=O) groups is 1. The highest BCUT2D eigenvalue weighted by Gasteiger charge is 2.29. The lowest BCUT2D eigenvalue weighted by Gasteiger charge is -2.26. The molecule has 0 saturated carbocycles. The molecule has 0 aliphatic rings. The van der Waals surface area contributed by atoms with E-state index in [1.807, 2.05) is 40.8 Å². The van der Waals surface area contributed by atoms with Gasteiger partial charge in [-0.05, 0) is 27.7 Å². The van der Waals surface area contributed by atoms with Crippen LogP contribution in [0, 0.1) is 12.8 Å². The average Bonchev–Trinajstić information content (AvgIpc) is 2.63. The van der Waals surface area contributed by atoms with Crippen LogP contribution >= 0.6 is 36.2 Å². The van der Waals surface area contributed by atoms with Crippen LogP contribution in [0.4, 0.5) is 0 Å². The minimum atomic E-state index is -0.445. The van der Waals surface area contributed by atoms with Gasteiger partial charge < -0.3 is 11.1 Å². The van der Waals surface area contributed by atoms with Crippen LogP contribution < -0.4 is 11.1 Å². The number of aromatic nitrogens is 1. The van der Waals surface area contributed by atoms with Gasteiger partial charge in [0.1, 0.15) is 5.01 Å². The van der Waals surface area contributed by atoms with Gasteiger partial charge in [-0.2, -0.15) is 0 Å². The molecule has 4 nitrogen and oxygen atoms in total. The third-order valence-electron chi connectivity index (χ3n) is 2.79. The molecule has 1 amide bonds. The van der Waals surface area contributed by atoms with Crippen LogP contribution in [-0.4, -0.2) is 16.9 Å². The molecule has 7 heteroatoms. The topological polar surface area (TPSA) is 68.0 Å². The Morgan fingerprint density at radius 2 is 1.95 bits per heavy atom. The van der Waals surface area contributed by atoms with Crippen molar-refractivity contribution in [3.63, 3.8) is 0 Å². The first-order valence-corrected chi connectivity index (χ1v) is 6.56. The zero-order valence-corrected chi connectivity index (χ0v) is 14.3. The van der Waals surface area contributed by atoms with E-state index in [1.165, 1.54) is 0 Å². The number of hydrogen-bond donors (Lipinski definition) is 2. The van der Waals surface area contributed by atoms with E-state index in [0.29, 0.717) is 0 Å². The second kappa shape index (κ2) is 8.04. The smallest absolute Gasteiger partial charge is 0.225 e. The summed E-state index contributed by atoms with van der Waals surface area (Å²) in [5.74, 6) is -0.229. The highest BCUT2D eigenvalue weighted by atomic mass is 35.5. The van der Waals surface area contributed by atoms with Gasteiger partial charge in [0.05, 0.1) is 5.54 Å². The minimum Gasteiger partial charge on any atom is -0.344 e. The molecular weight excluding hydrogens is 305 g/mol. The van der Waals surface area contributed by atoms with Crippen molar-refractivity contribution in [1.82, 2.24) is 10.3 Å². The Balaban J connectivity index is 0. The maximum absolute atomic E-state index is 12.0. The predicted molar refractivity (Wildman–Crippen MR) is 85.3 cm³/mol. The maximum Gasteiger partial charge on any atom is 0.225 e. The largest absolute Gasteiger partial charge is 0.344 e. The summed E-state index contributed by atoms with van der Waals surface area (Å²) in [5, 5.41) is 3.91. The maximum atomic E-state index is 12.0. The molecule has 3 N–H and O–H groups in total. The van der Waals surface area contributed by atoms with E-state index in [0.717, 1.165) is 9.88 Å². The first kappa shape index (κ1) is 20.9. The summed E-state index contributed by atoms with van der Waals surface area (Å²) in [6.07, 6.45) is 1.82. The van der Waals surface area contributed by atoms with Crippen LogP contribution in [0.2, 0.25) is 0 Å². The third-order valence-corrected chi connectivity index (χ3v) is 4.03. The van der Waals surface area contributed by atoms with E-state index in [9.17, 15) is 4.79 Å². The number of nitrogens with one attached hydrogen (secondary N) is 1. The van der Waals surface area contributed by atoms with Crippen LogP contribution in [0.25, 0.3) is 0 Å². The Morgan fingerprint density at radius 3 is 2.32 bits per heavy atom. The Kier molecular flexibility index (Phi) is 8.87. The van der Waals surface area contributed by atoms with Gasteiger partial charge in [-0.1, -0.05) is 6.92 Å². The fraction of sp³-hybridized carbons (Fsp3) is 0.667. The second-order valence-corrected chi connectivity index (χ2v) is 6.27. The zero-order valence-electron chi connectivity index (χ0n) is 11.9. The Morgan fingerprint density at radius 1 is 1.42 bits per heavy atom. The average molecular weight is 328 g/mol. The van der Waals surface area contributed by atoms with E-state index in [1.54, 1.807) is 11.3 Å². The molecule has 0 saturated heterocycles. The van der Waals surface area contributed by atoms with Gasteiger partial charge in [0, 0.05) is 23.0 Å². The molecule has 2 unspecified atom stereocenters. The van der Waals surface area contributed by atoms with Crippen molar-refractivity contribution in [1.29, 1.82) is 0 Å². The number of nitrogens with zero attached hydrogens (tertiary/aromatic N) is 1. The number of halogens is 2. The number of carbonyl (C=O) groups excluding carboxylic acids is 1. The number of hydrogen-bond acceptors (Lipinski definition) is 4. The van der Waals surface area contributed by atoms with Gasteiger partial charge in [0.2, 0.25) is 5.91 Å². The lowest BCUT2D eigenvalue weighted by atomic mass is 10.0. The SMILES string of the molecule is Cc1cnc(C(C)(C)NC(=O)C(C)C(C)N)s1.Cl.Cl. The highest BCUT2D eigenvalue weighted by molar-refractivity contribution is 7.11. The molecule has 0 bridgehead atoms. The highest BCUT2D eigenvalue weighted by Crippen LogP contribution is 2.25. The molecule has 1 aromatic heterocycles. The van der Waals surface area contributed by atoms with Crippen LogP contribution in [0.3, 0.4) is 0 Å². The molecule has 0 fully saturated rings. The monoisotopic (exact) mass is 327 g/mol. The third kappa shape index (κ3) is 5.65. The van der Waals surface area contributed by atoms with Gasteiger partial charge in [-0.3, -0.25) is 4.79 Å². The minimum absolute atomic E-state index is 0. The van der Waals surface area contributed by atoms with Crippen molar-refractivity contribution in [2.75, 3.05) is 0 Å². The summed E-state index contributed by atoms with van der Waals surface area (Å²) in [5.41, 5.74) is 5.28. The van der Waals surface area contributed by atoms with E-state index in [2.05, 4.69) is 10.3 Å². The zero-order chi connectivity index (χ0) is 13.2. The van der Waals surface area contributed by atoms with Gasteiger partial charge in [-0.25, -0.2) is 4.98 Å². The molecule has 0 radical (unpaired) electrons. The van der Waals surface area contributed by atoms with Crippen molar-refractivity contribution in [2.45, 2.75) is 46.2 Å². The van der Waals surface area contributed by atoms with Crippen molar-refractivity contribution >= 4 is 42.1 Å². The molecule has 0 aromatic carbocycles. The quantitative estimate of drug-likeness (QED) is 0.893. The van der Waals surface area contributed by atoms with Gasteiger partial charge >= 0.3 is 0 Å². The normalized spacial score (nSPS) is 13.8. The first-order chi connectivity index (χ1) is 7.74. The molecule has 112 valence electrons. The summed E-state index contributed by atoms with van der Waals surface area (Å²) >= 11 is 1.60. The van der Waals surface area contributed by atoms with E-state index >= 15 is 0 Å². The van der Waals surface area contributed by atoms with Crippen LogP contribution in [-0.2, 0) is 10.3 Å². The molecule has 0 spiro atoms. The fourth-order valence-electron chi connectivity index (χ4n) is 1.36. The fourth-order valence-corrected chi connectivity index (χ4v) is 2.18. The summed E-state index contributed by atoms with van der Waals surface area (Å²) in [6.45, 7) is 9.59. The summed E-state index contributed by atoms with van der Waals surface area (Å²) in [6, 6.07) is -0.149. The van der Waals surface area contributed by atoms with Gasteiger partial charge in [0.15, 0.2) is 0 Å². The van der Waals surface area contributed by atoms with Crippen LogP contribution in [0.15, 0.2) is 6.20 Å². The van der Waals surface area contributed by atoms with E-state index in [4.69, 9.17) is 5.73 Å². The number of amides is 1. The van der Waals surface area contributed by atoms with Gasteiger partial charge in [0.25, 0.3) is 0 Å². The van der Waals surface area contributed by atoms with E-state index < -0.39 is 5.54 Å². The molecule has 2 atom stereocenters. The number of rotatable bonds is 4. The molecule has 1 aromatic rings. The molecule has 19 heavy (non-hydrogen) atoms. The van der Waals surface area contributed by atoms with E-state index in [-0.39, 0.29) is 42.7 Å². The molecule has 1 rings (SSSR count). The van der Waals surface area contributed by atoms with Crippen LogP contribution in [0.5, 0.6) is 0 Å². The standard InChI is InChI=1S/C12H21N3OS.2ClH/c1-7-6-14-11(17-7)12(4,5)15-10(16)8(2)9(3)13;;/h6,8-9H,13H2,1-5H3,(H,15,16);2*1H. The summed E-state index contributed by atoms with van der Waals surface area (Å²) < 4.78 is 0. The number of aryl methyl sites for hydroxylation is 1. The lowest BCUT2D eigenvalue weighted by Crippen LogP contribution is -2.47. The van der Waals surface area contributed by atoms with Crippen LogP contribution in [0.1, 0.15) is 37.6 Å². The first-order valence-electron chi connectivity index (χ1n) is 5.74. The van der Waals surface area contributed by atoms with Crippen molar-refractivity contribution in [3.8, 4) is 0 Å². The predicted octanol–water partition coefficient (Wildman–Crippen LogP) is 2.63. The number of nitrogens with two attached hydrogens (primary N) is 1. The van der Waals surface area contributed by atoms with Crippen molar-refractivity contribution in [2.24, 2.45) is 11.7 Å². The van der Waals surface area contributed by atoms with Gasteiger partial charge in [-0.15, -0.1) is 36.2 Å².